The molecule has 0 atom stereocenters. The zero-order valence-corrected chi connectivity index (χ0v) is 11.7. The maximum Gasteiger partial charge on any atom is 0.569 e. The van der Waals surface area contributed by atoms with Gasteiger partial charge in [-0.25, -0.2) is 0 Å². The van der Waals surface area contributed by atoms with E-state index in [0.29, 0.717) is 13.4 Å². The number of rotatable bonds is 3. The van der Waals surface area contributed by atoms with Crippen LogP contribution in [0.25, 0.3) is 33.1 Å². The second-order valence-corrected chi connectivity index (χ2v) is 5.03. The Morgan fingerprint density at radius 1 is 0.818 bits per heavy atom. The molecule has 0 unspecified atom stereocenters. The van der Waals surface area contributed by atoms with Gasteiger partial charge < -0.3 is 14.1 Å². The molecule has 0 aliphatic heterocycles. The molecule has 0 saturated heterocycles. The fraction of sp³-hybridized carbons (Fsp3) is 0. The second kappa shape index (κ2) is 5.24. The van der Waals surface area contributed by atoms with Gasteiger partial charge in [-0.3, -0.25) is 0 Å². The highest BCUT2D eigenvalue weighted by atomic mass is 16.5. The van der Waals surface area contributed by atoms with E-state index in [1.54, 1.807) is 0 Å². The Labute approximate surface area is 128 Å². The van der Waals surface area contributed by atoms with Gasteiger partial charge in [-0.05, 0) is 23.8 Å². The Kier molecular flexibility index (Phi) is 3.09. The summed E-state index contributed by atoms with van der Waals surface area (Å²) in [5.74, 6) is 0.586. The van der Waals surface area contributed by atoms with E-state index in [-0.39, 0.29) is 0 Å². The molecule has 0 aliphatic rings. The van der Waals surface area contributed by atoms with Gasteiger partial charge in [0.05, 0.1) is 0 Å². The summed E-state index contributed by atoms with van der Waals surface area (Å²) >= 11 is 0. The molecule has 0 amide bonds. The molecule has 3 aromatic carbocycles. The smallest absolute Gasteiger partial charge is 0.537 e. The van der Waals surface area contributed by atoms with Crippen LogP contribution >= 0.6 is 0 Å². The van der Waals surface area contributed by atoms with Gasteiger partial charge in [-0.2, -0.15) is 0 Å². The van der Waals surface area contributed by atoms with E-state index in [0.717, 1.165) is 33.1 Å². The van der Waals surface area contributed by atoms with Gasteiger partial charge in [-0.1, -0.05) is 48.5 Å². The molecule has 1 aromatic heterocycles. The van der Waals surface area contributed by atoms with Crippen molar-refractivity contribution in [2.24, 2.45) is 0 Å². The highest BCUT2D eigenvalue weighted by Crippen LogP contribution is 2.35. The molecular weight excluding hydrogens is 275 g/mol. The van der Waals surface area contributed by atoms with Crippen LogP contribution in [0.3, 0.4) is 0 Å². The van der Waals surface area contributed by atoms with Crippen molar-refractivity contribution in [2.45, 2.75) is 0 Å². The summed E-state index contributed by atoms with van der Waals surface area (Å²) in [6, 6.07) is 21.7. The molecule has 0 fully saturated rings. The minimum absolute atomic E-state index is 0.586. The molecule has 3 nitrogen and oxygen atoms in total. The fourth-order valence-electron chi connectivity index (χ4n) is 2.75. The summed E-state index contributed by atoms with van der Waals surface area (Å²) in [5.41, 5.74) is 3.84. The van der Waals surface area contributed by atoms with Crippen molar-refractivity contribution in [1.82, 2.24) is 0 Å². The standard InChI is InChI=1S/C18H12BO3/c20-19-22-13-10-8-12(9-11-13)14-5-3-6-16-15-4-1-2-7-17(15)21-18(14)16/h1-11,20H. The first kappa shape index (κ1) is 13.0. The molecule has 105 valence electrons. The van der Waals surface area contributed by atoms with E-state index in [1.165, 1.54) is 0 Å². The lowest BCUT2D eigenvalue weighted by atomic mass is 10.0. The molecule has 0 saturated carbocycles. The van der Waals surface area contributed by atoms with Gasteiger partial charge in [0.2, 0.25) is 0 Å². The van der Waals surface area contributed by atoms with Crippen LogP contribution in [0.2, 0.25) is 0 Å². The predicted octanol–water partition coefficient (Wildman–Crippen LogP) is 4.16. The van der Waals surface area contributed by atoms with Crippen molar-refractivity contribution in [3.8, 4) is 16.9 Å². The van der Waals surface area contributed by atoms with Gasteiger partial charge in [0.1, 0.15) is 16.9 Å². The Morgan fingerprint density at radius 3 is 2.41 bits per heavy atom. The van der Waals surface area contributed by atoms with Crippen LogP contribution < -0.4 is 4.65 Å². The topological polar surface area (TPSA) is 42.6 Å². The average Bonchev–Trinajstić information content (AvgIpc) is 2.95. The van der Waals surface area contributed by atoms with Crippen LogP contribution in [0.1, 0.15) is 0 Å². The van der Waals surface area contributed by atoms with Crippen molar-refractivity contribution in [3.63, 3.8) is 0 Å². The number of hydrogen-bond acceptors (Lipinski definition) is 3. The first-order valence-electron chi connectivity index (χ1n) is 7.00. The largest absolute Gasteiger partial charge is 0.569 e. The summed E-state index contributed by atoms with van der Waals surface area (Å²) in [5, 5.41) is 10.9. The maximum atomic E-state index is 8.67. The van der Waals surface area contributed by atoms with Crippen LogP contribution in [-0.2, 0) is 0 Å². The van der Waals surface area contributed by atoms with Crippen molar-refractivity contribution < 1.29 is 14.1 Å². The maximum absolute atomic E-state index is 8.67. The minimum Gasteiger partial charge on any atom is -0.537 e. The van der Waals surface area contributed by atoms with Crippen molar-refractivity contribution >= 4 is 29.6 Å². The van der Waals surface area contributed by atoms with E-state index < -0.39 is 0 Å². The van der Waals surface area contributed by atoms with Gasteiger partial charge in [0.15, 0.2) is 0 Å². The molecule has 1 N–H and O–H groups in total. The summed E-state index contributed by atoms with van der Waals surface area (Å²) in [6.07, 6.45) is 0. The van der Waals surface area contributed by atoms with Gasteiger partial charge in [0, 0.05) is 16.3 Å². The number of fused-ring (bicyclic) bond motifs is 3. The molecule has 4 aromatic rings. The van der Waals surface area contributed by atoms with Crippen LogP contribution in [-0.4, -0.2) is 12.7 Å². The quantitative estimate of drug-likeness (QED) is 0.575. The molecule has 22 heavy (non-hydrogen) atoms. The minimum atomic E-state index is 0.586. The Balaban J connectivity index is 1.91. The van der Waals surface area contributed by atoms with E-state index in [2.05, 4.69) is 12.1 Å². The number of furan rings is 1. The van der Waals surface area contributed by atoms with E-state index in [9.17, 15) is 0 Å². The molecule has 1 radical (unpaired) electrons. The summed E-state index contributed by atoms with van der Waals surface area (Å²) in [4.78, 5) is 0. The molecule has 4 heteroatoms. The zero-order valence-electron chi connectivity index (χ0n) is 11.7. The molecule has 0 aliphatic carbocycles. The van der Waals surface area contributed by atoms with E-state index >= 15 is 0 Å². The first-order chi connectivity index (χ1) is 10.9. The predicted molar refractivity (Wildman–Crippen MR) is 87.8 cm³/mol. The average molecular weight is 287 g/mol. The van der Waals surface area contributed by atoms with E-state index in [4.69, 9.17) is 14.1 Å². The van der Waals surface area contributed by atoms with Crippen LogP contribution in [0.15, 0.2) is 71.1 Å². The van der Waals surface area contributed by atoms with E-state index in [1.807, 2.05) is 54.6 Å². The highest BCUT2D eigenvalue weighted by molar-refractivity contribution is 6.17. The third-order valence-electron chi connectivity index (χ3n) is 3.76. The summed E-state index contributed by atoms with van der Waals surface area (Å²) in [7, 11) is 0.676. The van der Waals surface area contributed by atoms with Crippen LogP contribution in [0.4, 0.5) is 0 Å². The SMILES string of the molecule is O[B]Oc1ccc(-c2cccc3c2oc2ccccc23)cc1. The third-order valence-corrected chi connectivity index (χ3v) is 3.76. The Bertz CT molecular complexity index is 942. The highest BCUT2D eigenvalue weighted by Gasteiger charge is 2.11. The molecular formula is C18H12BO3. The Morgan fingerprint density at radius 2 is 1.59 bits per heavy atom. The number of benzene rings is 3. The Hall–Kier alpha value is -2.72. The van der Waals surface area contributed by atoms with Crippen LogP contribution in [0.5, 0.6) is 5.75 Å². The van der Waals surface area contributed by atoms with Crippen molar-refractivity contribution in [3.05, 3.63) is 66.7 Å². The van der Waals surface area contributed by atoms with Gasteiger partial charge in [-0.15, -0.1) is 0 Å². The molecule has 1 heterocycles. The van der Waals surface area contributed by atoms with Gasteiger partial charge in [0.25, 0.3) is 0 Å². The summed E-state index contributed by atoms with van der Waals surface area (Å²) in [6.45, 7) is 0. The molecule has 0 spiro atoms. The lowest BCUT2D eigenvalue weighted by Gasteiger charge is -2.05. The van der Waals surface area contributed by atoms with Crippen LogP contribution in [0, 0.1) is 0 Å². The first-order valence-corrected chi connectivity index (χ1v) is 7.00. The lowest BCUT2D eigenvalue weighted by molar-refractivity contribution is 0.454. The zero-order chi connectivity index (χ0) is 14.9. The van der Waals surface area contributed by atoms with Crippen molar-refractivity contribution in [1.29, 1.82) is 0 Å². The number of para-hydroxylation sites is 2. The van der Waals surface area contributed by atoms with Crippen molar-refractivity contribution in [2.75, 3.05) is 0 Å². The molecule has 0 bridgehead atoms. The number of hydrogen-bond donors (Lipinski definition) is 1. The van der Waals surface area contributed by atoms with Gasteiger partial charge >= 0.3 is 7.69 Å². The monoisotopic (exact) mass is 287 g/mol. The fourth-order valence-corrected chi connectivity index (χ4v) is 2.75. The summed E-state index contributed by atoms with van der Waals surface area (Å²) < 4.78 is 11.0. The molecule has 4 rings (SSSR count). The third kappa shape index (κ3) is 2.05. The second-order valence-electron chi connectivity index (χ2n) is 5.03. The lowest BCUT2D eigenvalue weighted by Crippen LogP contribution is -1.99. The normalized spacial score (nSPS) is 11.0.